The Hall–Kier alpha value is -1.37. The highest BCUT2D eigenvalue weighted by Gasteiger charge is 2.13. The largest absolute Gasteiger partial charge is 0.398 e. The van der Waals surface area contributed by atoms with Gasteiger partial charge in [0.2, 0.25) is 0 Å². The maximum absolute atomic E-state index is 11.8. The molecule has 96 valence electrons. The average Bonchev–Trinajstić information content (AvgIpc) is 2.97. The van der Waals surface area contributed by atoms with E-state index in [-0.39, 0.29) is 12.5 Å². The van der Waals surface area contributed by atoms with Crippen molar-refractivity contribution in [2.45, 2.75) is 13.0 Å². The Balaban J connectivity index is 1.92. The molecule has 0 saturated heterocycles. The SMILES string of the molecule is Cc1sc(C(=O)NCC(O)c2ccsc2)cc1N. The second-order valence-corrected chi connectivity index (χ2v) is 5.94. The number of nitrogen functional groups attached to an aromatic ring is 1. The van der Waals surface area contributed by atoms with Gasteiger partial charge in [-0.3, -0.25) is 4.79 Å². The quantitative estimate of drug-likeness (QED) is 0.804. The van der Waals surface area contributed by atoms with Crippen molar-refractivity contribution < 1.29 is 9.90 Å². The lowest BCUT2D eigenvalue weighted by Gasteiger charge is -2.09. The van der Waals surface area contributed by atoms with Crippen LogP contribution < -0.4 is 11.1 Å². The number of hydrogen-bond acceptors (Lipinski definition) is 5. The van der Waals surface area contributed by atoms with Crippen molar-refractivity contribution in [2.75, 3.05) is 12.3 Å². The minimum absolute atomic E-state index is 0.200. The summed E-state index contributed by atoms with van der Waals surface area (Å²) in [6.45, 7) is 2.07. The van der Waals surface area contributed by atoms with Gasteiger partial charge in [-0.25, -0.2) is 0 Å². The summed E-state index contributed by atoms with van der Waals surface area (Å²) in [4.78, 5) is 13.3. The molecule has 2 aromatic heterocycles. The fourth-order valence-electron chi connectivity index (χ4n) is 1.47. The Bertz CT molecular complexity index is 515. The fraction of sp³-hybridized carbons (Fsp3) is 0.250. The highest BCUT2D eigenvalue weighted by atomic mass is 32.1. The van der Waals surface area contributed by atoms with Crippen LogP contribution in [-0.2, 0) is 0 Å². The van der Waals surface area contributed by atoms with E-state index in [0.29, 0.717) is 10.6 Å². The number of aryl methyl sites for hydroxylation is 1. The van der Waals surface area contributed by atoms with E-state index in [2.05, 4.69) is 5.32 Å². The number of rotatable bonds is 4. The number of carbonyl (C=O) groups is 1. The van der Waals surface area contributed by atoms with E-state index in [4.69, 9.17) is 5.73 Å². The van der Waals surface area contributed by atoms with Gasteiger partial charge >= 0.3 is 0 Å². The van der Waals surface area contributed by atoms with Gasteiger partial charge in [-0.15, -0.1) is 11.3 Å². The van der Waals surface area contributed by atoms with Crippen LogP contribution in [0.15, 0.2) is 22.9 Å². The van der Waals surface area contributed by atoms with Crippen molar-refractivity contribution in [3.63, 3.8) is 0 Å². The molecule has 2 heterocycles. The first-order valence-electron chi connectivity index (χ1n) is 5.42. The summed E-state index contributed by atoms with van der Waals surface area (Å²) >= 11 is 2.87. The maximum atomic E-state index is 11.8. The monoisotopic (exact) mass is 282 g/mol. The Morgan fingerprint density at radius 1 is 1.61 bits per heavy atom. The van der Waals surface area contributed by atoms with Crippen LogP contribution >= 0.6 is 22.7 Å². The summed E-state index contributed by atoms with van der Waals surface area (Å²) in [5, 5.41) is 16.3. The molecule has 4 N–H and O–H groups in total. The molecule has 0 saturated carbocycles. The second-order valence-electron chi connectivity index (χ2n) is 3.90. The number of amides is 1. The predicted octanol–water partition coefficient (Wildman–Crippen LogP) is 2.16. The Morgan fingerprint density at radius 3 is 2.94 bits per heavy atom. The van der Waals surface area contributed by atoms with Crippen LogP contribution in [0.4, 0.5) is 5.69 Å². The van der Waals surface area contributed by atoms with Gasteiger partial charge in [0, 0.05) is 17.1 Å². The summed E-state index contributed by atoms with van der Waals surface area (Å²) in [7, 11) is 0. The van der Waals surface area contributed by atoms with Crippen LogP contribution in [0.25, 0.3) is 0 Å². The van der Waals surface area contributed by atoms with E-state index in [1.807, 2.05) is 23.8 Å². The highest BCUT2D eigenvalue weighted by Crippen LogP contribution is 2.23. The molecule has 2 rings (SSSR count). The molecular formula is C12H14N2O2S2. The number of anilines is 1. The molecule has 1 amide bonds. The van der Waals surface area contributed by atoms with Gasteiger partial charge in [0.05, 0.1) is 11.0 Å². The number of carbonyl (C=O) groups excluding carboxylic acids is 1. The first kappa shape index (κ1) is 13.1. The molecule has 0 aliphatic rings. The molecule has 0 spiro atoms. The van der Waals surface area contributed by atoms with Crippen molar-refractivity contribution >= 4 is 34.3 Å². The molecule has 1 atom stereocenters. The van der Waals surface area contributed by atoms with E-state index >= 15 is 0 Å². The molecule has 0 fully saturated rings. The van der Waals surface area contributed by atoms with E-state index in [1.54, 1.807) is 6.07 Å². The Morgan fingerprint density at radius 2 is 2.39 bits per heavy atom. The molecule has 0 aromatic carbocycles. The highest BCUT2D eigenvalue weighted by molar-refractivity contribution is 7.14. The Labute approximate surface area is 113 Å². The molecule has 18 heavy (non-hydrogen) atoms. The molecule has 1 unspecified atom stereocenters. The van der Waals surface area contributed by atoms with Crippen molar-refractivity contribution in [2.24, 2.45) is 0 Å². The van der Waals surface area contributed by atoms with Crippen molar-refractivity contribution in [3.05, 3.63) is 38.2 Å². The van der Waals surface area contributed by atoms with Gasteiger partial charge in [-0.05, 0) is 35.4 Å². The van der Waals surface area contributed by atoms with E-state index < -0.39 is 6.10 Å². The summed E-state index contributed by atoms with van der Waals surface area (Å²) in [6, 6.07) is 3.50. The van der Waals surface area contributed by atoms with Gasteiger partial charge in [0.25, 0.3) is 5.91 Å². The first-order valence-corrected chi connectivity index (χ1v) is 7.18. The third kappa shape index (κ3) is 2.90. The molecule has 0 aliphatic heterocycles. The van der Waals surface area contributed by atoms with Crippen LogP contribution in [0.3, 0.4) is 0 Å². The predicted molar refractivity (Wildman–Crippen MR) is 75.1 cm³/mol. The third-order valence-corrected chi connectivity index (χ3v) is 4.33. The van der Waals surface area contributed by atoms with Crippen molar-refractivity contribution in [1.29, 1.82) is 0 Å². The topological polar surface area (TPSA) is 75.3 Å². The first-order chi connectivity index (χ1) is 8.58. The minimum Gasteiger partial charge on any atom is -0.398 e. The molecule has 4 nitrogen and oxygen atoms in total. The lowest BCUT2D eigenvalue weighted by atomic mass is 10.2. The zero-order chi connectivity index (χ0) is 13.1. The maximum Gasteiger partial charge on any atom is 0.261 e. The molecule has 2 aromatic rings. The normalized spacial score (nSPS) is 12.3. The third-order valence-electron chi connectivity index (χ3n) is 2.56. The van der Waals surface area contributed by atoms with Crippen LogP contribution in [0.2, 0.25) is 0 Å². The smallest absolute Gasteiger partial charge is 0.261 e. The molecule has 0 bridgehead atoms. The van der Waals surface area contributed by atoms with Gasteiger partial charge in [0.1, 0.15) is 0 Å². The summed E-state index contributed by atoms with van der Waals surface area (Å²) in [5.41, 5.74) is 7.14. The van der Waals surface area contributed by atoms with Crippen molar-refractivity contribution in [3.8, 4) is 0 Å². The average molecular weight is 282 g/mol. The summed E-state index contributed by atoms with van der Waals surface area (Å²) in [5.74, 6) is -0.200. The Kier molecular flexibility index (Phi) is 4.00. The zero-order valence-electron chi connectivity index (χ0n) is 9.84. The standard InChI is InChI=1S/C12H14N2O2S2/c1-7-9(13)4-11(18-7)12(16)14-5-10(15)8-2-3-17-6-8/h2-4,6,10,15H,5,13H2,1H3,(H,14,16). The van der Waals surface area contributed by atoms with Crippen LogP contribution in [-0.4, -0.2) is 17.6 Å². The number of nitrogens with two attached hydrogens (primary N) is 1. The fourth-order valence-corrected chi connectivity index (χ4v) is 3.03. The van der Waals surface area contributed by atoms with E-state index in [0.717, 1.165) is 10.4 Å². The van der Waals surface area contributed by atoms with E-state index in [9.17, 15) is 9.90 Å². The zero-order valence-corrected chi connectivity index (χ0v) is 11.5. The molecule has 6 heteroatoms. The second kappa shape index (κ2) is 5.51. The molecular weight excluding hydrogens is 268 g/mol. The molecule has 0 radical (unpaired) electrons. The summed E-state index contributed by atoms with van der Waals surface area (Å²) < 4.78 is 0. The summed E-state index contributed by atoms with van der Waals surface area (Å²) in [6.07, 6.45) is -0.668. The molecule has 0 aliphatic carbocycles. The lowest BCUT2D eigenvalue weighted by Crippen LogP contribution is -2.27. The van der Waals surface area contributed by atoms with Crippen molar-refractivity contribution in [1.82, 2.24) is 5.32 Å². The van der Waals surface area contributed by atoms with Gasteiger partial charge in [-0.1, -0.05) is 0 Å². The number of aliphatic hydroxyl groups is 1. The van der Waals surface area contributed by atoms with Crippen LogP contribution in [0.1, 0.15) is 26.2 Å². The van der Waals surface area contributed by atoms with Gasteiger partial charge in [0.15, 0.2) is 0 Å². The lowest BCUT2D eigenvalue weighted by molar-refractivity contribution is 0.0920. The number of hydrogen-bond donors (Lipinski definition) is 3. The van der Waals surface area contributed by atoms with E-state index in [1.165, 1.54) is 22.7 Å². The van der Waals surface area contributed by atoms with Gasteiger partial charge in [-0.2, -0.15) is 11.3 Å². The van der Waals surface area contributed by atoms with Crippen LogP contribution in [0, 0.1) is 6.92 Å². The number of thiophene rings is 2. The van der Waals surface area contributed by atoms with Gasteiger partial charge < -0.3 is 16.2 Å². The van der Waals surface area contributed by atoms with Crippen LogP contribution in [0.5, 0.6) is 0 Å². The minimum atomic E-state index is -0.668. The number of aliphatic hydroxyl groups excluding tert-OH is 1. The number of nitrogens with one attached hydrogen (secondary N) is 1.